The second-order valence-electron chi connectivity index (χ2n) is 4.40. The highest BCUT2D eigenvalue weighted by molar-refractivity contribution is 6.30. The number of H-pyrrole nitrogens is 1. The Kier molecular flexibility index (Phi) is 4.76. The van der Waals surface area contributed by atoms with E-state index in [1.165, 1.54) is 10.9 Å². The van der Waals surface area contributed by atoms with E-state index in [9.17, 15) is 9.59 Å². The Balaban J connectivity index is 2.26. The molecular formula is C14H12ClN5O2. The van der Waals surface area contributed by atoms with Gasteiger partial charge in [-0.1, -0.05) is 11.6 Å². The van der Waals surface area contributed by atoms with Crippen LogP contribution in [0.3, 0.4) is 0 Å². The Hall–Kier alpha value is -2.85. The summed E-state index contributed by atoms with van der Waals surface area (Å²) >= 11 is 5.82. The van der Waals surface area contributed by atoms with Gasteiger partial charge in [-0.2, -0.15) is 10.4 Å². The zero-order chi connectivity index (χ0) is 16.1. The topological polar surface area (TPSA) is 103 Å². The predicted molar refractivity (Wildman–Crippen MR) is 82.1 cm³/mol. The maximum Gasteiger partial charge on any atom is 0.280 e. The van der Waals surface area contributed by atoms with Crippen LogP contribution < -0.4 is 11.0 Å². The number of halogens is 1. The minimum Gasteiger partial charge on any atom is -0.295 e. The molecule has 0 atom stereocenters. The average molecular weight is 318 g/mol. The summed E-state index contributed by atoms with van der Waals surface area (Å²) in [6.45, 7) is 1.71. The number of carbonyl (C=O) groups is 1. The highest BCUT2D eigenvalue weighted by Crippen LogP contribution is 2.12. The van der Waals surface area contributed by atoms with Gasteiger partial charge in [0.05, 0.1) is 23.5 Å². The van der Waals surface area contributed by atoms with Crippen molar-refractivity contribution in [2.45, 2.75) is 13.3 Å². The van der Waals surface area contributed by atoms with Gasteiger partial charge in [0, 0.05) is 10.7 Å². The Morgan fingerprint density at radius 2 is 2.18 bits per heavy atom. The lowest BCUT2D eigenvalue weighted by atomic mass is 10.3. The van der Waals surface area contributed by atoms with Gasteiger partial charge in [-0.05, 0) is 31.2 Å². The monoisotopic (exact) mass is 317 g/mol. The summed E-state index contributed by atoms with van der Waals surface area (Å²) in [6, 6.07) is 8.46. The minimum absolute atomic E-state index is 0.293. The third kappa shape index (κ3) is 3.42. The molecule has 7 nitrogen and oxygen atoms in total. The van der Waals surface area contributed by atoms with Crippen molar-refractivity contribution in [2.75, 3.05) is 0 Å². The van der Waals surface area contributed by atoms with Crippen molar-refractivity contribution >= 4 is 23.7 Å². The van der Waals surface area contributed by atoms with Gasteiger partial charge in [-0.3, -0.25) is 14.7 Å². The summed E-state index contributed by atoms with van der Waals surface area (Å²) in [5, 5.41) is 15.5. The summed E-state index contributed by atoms with van der Waals surface area (Å²) in [4.78, 5) is 23.4. The van der Waals surface area contributed by atoms with Crippen LogP contribution >= 0.6 is 11.6 Å². The quantitative estimate of drug-likeness (QED) is 0.659. The molecule has 0 unspecified atom stereocenters. The van der Waals surface area contributed by atoms with Gasteiger partial charge in [0.1, 0.15) is 6.42 Å². The van der Waals surface area contributed by atoms with Crippen LogP contribution in [0.4, 0.5) is 0 Å². The number of aryl methyl sites for hydroxylation is 1. The van der Waals surface area contributed by atoms with Crippen LogP contribution in [0, 0.1) is 18.3 Å². The zero-order valence-corrected chi connectivity index (χ0v) is 12.4. The summed E-state index contributed by atoms with van der Waals surface area (Å²) in [6.07, 6.45) is 0.953. The van der Waals surface area contributed by atoms with Crippen molar-refractivity contribution in [3.05, 3.63) is 50.9 Å². The molecule has 112 valence electrons. The SMILES string of the molecule is Cc1[nH]n(-c2ccc(Cl)cc2)c(=O)c1/C=N\NC(=O)CC#N. The Bertz CT molecular complexity index is 811. The van der Waals surface area contributed by atoms with Gasteiger partial charge < -0.3 is 0 Å². The number of hydrogen-bond acceptors (Lipinski definition) is 4. The van der Waals surface area contributed by atoms with E-state index in [0.717, 1.165) is 0 Å². The number of nitriles is 1. The first-order valence-electron chi connectivity index (χ1n) is 6.29. The van der Waals surface area contributed by atoms with Crippen LogP contribution in [-0.2, 0) is 4.79 Å². The molecule has 0 radical (unpaired) electrons. The maximum absolute atomic E-state index is 12.3. The van der Waals surface area contributed by atoms with E-state index in [4.69, 9.17) is 16.9 Å². The molecule has 1 heterocycles. The van der Waals surface area contributed by atoms with E-state index in [-0.39, 0.29) is 12.0 Å². The van der Waals surface area contributed by atoms with Gasteiger partial charge in [0.25, 0.3) is 11.5 Å². The fourth-order valence-corrected chi connectivity index (χ4v) is 1.89. The molecule has 0 aliphatic carbocycles. The van der Waals surface area contributed by atoms with E-state index in [1.54, 1.807) is 37.3 Å². The molecule has 0 fully saturated rings. The smallest absolute Gasteiger partial charge is 0.280 e. The maximum atomic E-state index is 12.3. The molecule has 0 aliphatic rings. The molecule has 0 saturated carbocycles. The lowest BCUT2D eigenvalue weighted by Crippen LogP contribution is -2.19. The fraction of sp³-hybridized carbons (Fsp3) is 0.143. The van der Waals surface area contributed by atoms with E-state index in [1.807, 2.05) is 0 Å². The third-order valence-electron chi connectivity index (χ3n) is 2.82. The van der Waals surface area contributed by atoms with Crippen molar-refractivity contribution in [3.8, 4) is 11.8 Å². The molecular weight excluding hydrogens is 306 g/mol. The lowest BCUT2D eigenvalue weighted by Gasteiger charge is -2.00. The summed E-state index contributed by atoms with van der Waals surface area (Å²) < 4.78 is 1.35. The molecule has 0 bridgehead atoms. The number of rotatable bonds is 4. The summed E-state index contributed by atoms with van der Waals surface area (Å²) in [5.74, 6) is -0.537. The second-order valence-corrected chi connectivity index (χ2v) is 4.83. The van der Waals surface area contributed by atoms with Crippen molar-refractivity contribution in [3.63, 3.8) is 0 Å². The van der Waals surface area contributed by atoms with Crippen LogP contribution in [-0.4, -0.2) is 21.9 Å². The molecule has 2 aromatic rings. The van der Waals surface area contributed by atoms with Gasteiger partial charge in [0.15, 0.2) is 0 Å². The number of hydrazone groups is 1. The lowest BCUT2D eigenvalue weighted by molar-refractivity contribution is -0.120. The van der Waals surface area contributed by atoms with Gasteiger partial charge in [-0.15, -0.1) is 0 Å². The predicted octanol–water partition coefficient (Wildman–Crippen LogP) is 1.49. The molecule has 0 aliphatic heterocycles. The van der Waals surface area contributed by atoms with E-state index in [2.05, 4.69) is 15.6 Å². The van der Waals surface area contributed by atoms with E-state index in [0.29, 0.717) is 22.0 Å². The number of amides is 1. The third-order valence-corrected chi connectivity index (χ3v) is 3.08. The largest absolute Gasteiger partial charge is 0.295 e. The van der Waals surface area contributed by atoms with E-state index >= 15 is 0 Å². The van der Waals surface area contributed by atoms with Crippen LogP contribution in [0.2, 0.25) is 5.02 Å². The summed E-state index contributed by atoms with van der Waals surface area (Å²) in [7, 11) is 0. The standard InChI is InChI=1S/C14H12ClN5O2/c1-9-12(8-17-18-13(21)6-7-16)14(22)20(19-9)11-4-2-10(15)3-5-11/h2-5,8,19H,6H2,1H3,(H,18,21)/b17-8-. The molecule has 22 heavy (non-hydrogen) atoms. The molecule has 1 aromatic heterocycles. The first-order chi connectivity index (χ1) is 10.5. The van der Waals surface area contributed by atoms with Crippen molar-refractivity contribution < 1.29 is 4.79 Å². The van der Waals surface area contributed by atoms with E-state index < -0.39 is 5.91 Å². The van der Waals surface area contributed by atoms with Crippen molar-refractivity contribution in [1.82, 2.24) is 15.2 Å². The van der Waals surface area contributed by atoms with Gasteiger partial charge in [-0.25, -0.2) is 10.1 Å². The molecule has 2 N–H and O–H groups in total. The number of carbonyl (C=O) groups excluding carboxylic acids is 1. The summed E-state index contributed by atoms with van der Waals surface area (Å²) in [5.41, 5.74) is 3.40. The Morgan fingerprint density at radius 3 is 2.82 bits per heavy atom. The highest BCUT2D eigenvalue weighted by Gasteiger charge is 2.10. The number of aromatic nitrogens is 2. The number of benzene rings is 1. The number of aromatic amines is 1. The molecule has 1 amide bonds. The van der Waals surface area contributed by atoms with Crippen molar-refractivity contribution in [2.24, 2.45) is 5.10 Å². The Morgan fingerprint density at radius 1 is 1.50 bits per heavy atom. The number of nitrogens with one attached hydrogen (secondary N) is 2. The van der Waals surface area contributed by atoms with Crippen LogP contribution in [0.25, 0.3) is 5.69 Å². The van der Waals surface area contributed by atoms with Gasteiger partial charge >= 0.3 is 0 Å². The minimum atomic E-state index is -0.537. The number of nitrogens with zero attached hydrogens (tertiary/aromatic N) is 3. The second kappa shape index (κ2) is 6.74. The average Bonchev–Trinajstić information content (AvgIpc) is 2.76. The highest BCUT2D eigenvalue weighted by atomic mass is 35.5. The zero-order valence-electron chi connectivity index (χ0n) is 11.6. The molecule has 8 heteroatoms. The van der Waals surface area contributed by atoms with Crippen LogP contribution in [0.1, 0.15) is 17.7 Å². The van der Waals surface area contributed by atoms with Crippen molar-refractivity contribution in [1.29, 1.82) is 5.26 Å². The van der Waals surface area contributed by atoms with Crippen LogP contribution in [0.5, 0.6) is 0 Å². The normalized spacial score (nSPS) is 10.6. The molecule has 2 rings (SSSR count). The fourth-order valence-electron chi connectivity index (χ4n) is 1.76. The Labute approximate surface area is 130 Å². The molecule has 0 spiro atoms. The molecule has 0 saturated heterocycles. The first kappa shape index (κ1) is 15.5. The first-order valence-corrected chi connectivity index (χ1v) is 6.67. The van der Waals surface area contributed by atoms with Gasteiger partial charge in [0.2, 0.25) is 0 Å². The van der Waals surface area contributed by atoms with Crippen LogP contribution in [0.15, 0.2) is 34.2 Å². The number of hydrogen-bond donors (Lipinski definition) is 2. The molecule has 1 aromatic carbocycles.